The molecule has 0 heterocycles. The van der Waals surface area contributed by atoms with Gasteiger partial charge in [0.1, 0.15) is 0 Å². The van der Waals surface area contributed by atoms with Crippen molar-refractivity contribution in [3.8, 4) is 6.07 Å². The van der Waals surface area contributed by atoms with Gasteiger partial charge in [-0.3, -0.25) is 14.9 Å². The summed E-state index contributed by atoms with van der Waals surface area (Å²) in [5.41, 5.74) is 5.90. The lowest BCUT2D eigenvalue weighted by Gasteiger charge is -2.08. The lowest BCUT2D eigenvalue weighted by atomic mass is 9.99. The fraction of sp³-hybridized carbons (Fsp3) is 0.273. The number of carbonyl (C=O) groups excluding carboxylic acids is 1. The molecule has 7 heteroatoms. The number of hydrogen-bond donors (Lipinski definition) is 1. The van der Waals surface area contributed by atoms with Crippen LogP contribution in [0, 0.1) is 21.4 Å². The van der Waals surface area contributed by atoms with E-state index in [-0.39, 0.29) is 29.8 Å². The Morgan fingerprint density at radius 1 is 1.61 bits per heavy atom. The minimum atomic E-state index is -0.621. The fourth-order valence-electron chi connectivity index (χ4n) is 1.56. The fourth-order valence-corrected chi connectivity index (χ4v) is 1.56. The molecular formula is C11H11N3O4. The zero-order valence-corrected chi connectivity index (χ0v) is 9.67. The second kappa shape index (κ2) is 5.75. The molecular weight excluding hydrogens is 238 g/mol. The predicted molar refractivity (Wildman–Crippen MR) is 61.4 cm³/mol. The number of ether oxygens (including phenoxy) is 1. The van der Waals surface area contributed by atoms with E-state index in [0.29, 0.717) is 5.56 Å². The number of esters is 1. The van der Waals surface area contributed by atoms with Crippen molar-refractivity contribution in [2.45, 2.75) is 13.0 Å². The molecule has 0 aliphatic carbocycles. The molecule has 0 radical (unpaired) electrons. The van der Waals surface area contributed by atoms with E-state index in [9.17, 15) is 14.9 Å². The van der Waals surface area contributed by atoms with E-state index >= 15 is 0 Å². The van der Waals surface area contributed by atoms with Gasteiger partial charge >= 0.3 is 5.97 Å². The summed E-state index contributed by atoms with van der Waals surface area (Å²) in [7, 11) is 1.22. The van der Waals surface area contributed by atoms with Gasteiger partial charge in [-0.1, -0.05) is 0 Å². The SMILES string of the molecule is COC(=O)Cc1cc(C#N)cc([N+](=O)[O-])c1CN. The van der Waals surface area contributed by atoms with Crippen molar-refractivity contribution in [3.05, 3.63) is 38.9 Å². The summed E-state index contributed by atoms with van der Waals surface area (Å²) < 4.78 is 4.49. The Hall–Kier alpha value is -2.46. The number of methoxy groups -OCH3 is 1. The summed E-state index contributed by atoms with van der Waals surface area (Å²) in [6, 6.07) is 4.36. The maximum absolute atomic E-state index is 11.2. The van der Waals surface area contributed by atoms with E-state index < -0.39 is 10.9 Å². The van der Waals surface area contributed by atoms with E-state index in [0.717, 1.165) is 6.07 Å². The van der Waals surface area contributed by atoms with Gasteiger partial charge in [-0.25, -0.2) is 0 Å². The number of nitriles is 1. The van der Waals surface area contributed by atoms with Crippen LogP contribution in [0.3, 0.4) is 0 Å². The Kier molecular flexibility index (Phi) is 4.34. The largest absolute Gasteiger partial charge is 0.469 e. The molecule has 0 aliphatic rings. The van der Waals surface area contributed by atoms with Crippen molar-refractivity contribution < 1.29 is 14.5 Å². The minimum Gasteiger partial charge on any atom is -0.469 e. The molecule has 7 nitrogen and oxygen atoms in total. The van der Waals surface area contributed by atoms with E-state index in [1.54, 1.807) is 0 Å². The van der Waals surface area contributed by atoms with Crippen LogP contribution in [0.2, 0.25) is 0 Å². The molecule has 0 saturated carbocycles. The van der Waals surface area contributed by atoms with Gasteiger partial charge in [-0.05, 0) is 11.6 Å². The molecule has 0 fully saturated rings. The summed E-state index contributed by atoms with van der Waals surface area (Å²) in [6.07, 6.45) is -0.153. The Labute approximate surface area is 103 Å². The molecule has 0 amide bonds. The molecule has 1 rings (SSSR count). The number of benzene rings is 1. The van der Waals surface area contributed by atoms with Crippen LogP contribution in [0.25, 0.3) is 0 Å². The van der Waals surface area contributed by atoms with Crippen molar-refractivity contribution in [1.29, 1.82) is 5.26 Å². The van der Waals surface area contributed by atoms with E-state index in [4.69, 9.17) is 11.0 Å². The highest BCUT2D eigenvalue weighted by Gasteiger charge is 2.20. The van der Waals surface area contributed by atoms with Crippen LogP contribution < -0.4 is 5.73 Å². The summed E-state index contributed by atoms with van der Waals surface area (Å²) in [6.45, 7) is -0.0889. The number of nitrogens with two attached hydrogens (primary N) is 1. The molecule has 0 spiro atoms. The van der Waals surface area contributed by atoms with Crippen LogP contribution in [0.4, 0.5) is 5.69 Å². The van der Waals surface area contributed by atoms with Gasteiger partial charge in [0, 0.05) is 18.2 Å². The minimum absolute atomic E-state index is 0.0889. The molecule has 2 N–H and O–H groups in total. The highest BCUT2D eigenvalue weighted by Crippen LogP contribution is 2.25. The Bertz CT molecular complexity index is 534. The molecule has 0 bridgehead atoms. The average Bonchev–Trinajstić information content (AvgIpc) is 2.37. The van der Waals surface area contributed by atoms with Crippen LogP contribution >= 0.6 is 0 Å². The Morgan fingerprint density at radius 2 is 2.28 bits per heavy atom. The molecule has 1 aromatic carbocycles. The van der Waals surface area contributed by atoms with Crippen LogP contribution in [-0.2, 0) is 22.5 Å². The molecule has 0 atom stereocenters. The van der Waals surface area contributed by atoms with Gasteiger partial charge in [-0.15, -0.1) is 0 Å². The Balaban J connectivity index is 3.38. The number of nitro benzene ring substituents is 1. The van der Waals surface area contributed by atoms with Crippen molar-refractivity contribution in [3.63, 3.8) is 0 Å². The topological polar surface area (TPSA) is 119 Å². The first-order chi connectivity index (χ1) is 8.53. The van der Waals surface area contributed by atoms with Crippen molar-refractivity contribution in [1.82, 2.24) is 0 Å². The van der Waals surface area contributed by atoms with Crippen LogP contribution in [-0.4, -0.2) is 18.0 Å². The molecule has 0 saturated heterocycles. The van der Waals surface area contributed by atoms with Gasteiger partial charge in [0.25, 0.3) is 5.69 Å². The summed E-state index contributed by atoms with van der Waals surface area (Å²) in [5.74, 6) is -0.547. The van der Waals surface area contributed by atoms with E-state index in [2.05, 4.69) is 4.74 Å². The monoisotopic (exact) mass is 249 g/mol. The number of rotatable bonds is 4. The predicted octanol–water partition coefficient (Wildman–Crippen LogP) is 0.641. The van der Waals surface area contributed by atoms with Crippen molar-refractivity contribution >= 4 is 11.7 Å². The lowest BCUT2D eigenvalue weighted by molar-refractivity contribution is -0.385. The number of nitrogens with zero attached hydrogens (tertiary/aromatic N) is 2. The van der Waals surface area contributed by atoms with E-state index in [1.165, 1.54) is 13.2 Å². The molecule has 0 aliphatic heterocycles. The van der Waals surface area contributed by atoms with Crippen LogP contribution in [0.15, 0.2) is 12.1 Å². The number of carbonyl (C=O) groups is 1. The average molecular weight is 249 g/mol. The second-order valence-corrected chi connectivity index (χ2v) is 3.46. The smallest absolute Gasteiger partial charge is 0.309 e. The molecule has 1 aromatic rings. The lowest BCUT2D eigenvalue weighted by Crippen LogP contribution is -2.11. The highest BCUT2D eigenvalue weighted by molar-refractivity contribution is 5.74. The van der Waals surface area contributed by atoms with Crippen molar-refractivity contribution in [2.24, 2.45) is 5.73 Å². The summed E-state index contributed by atoms with van der Waals surface area (Å²) >= 11 is 0. The third-order valence-corrected chi connectivity index (χ3v) is 2.41. The molecule has 18 heavy (non-hydrogen) atoms. The number of hydrogen-bond acceptors (Lipinski definition) is 6. The van der Waals surface area contributed by atoms with Gasteiger partial charge in [0.2, 0.25) is 0 Å². The summed E-state index contributed by atoms with van der Waals surface area (Å²) in [4.78, 5) is 21.5. The maximum Gasteiger partial charge on any atom is 0.309 e. The van der Waals surface area contributed by atoms with E-state index in [1.807, 2.05) is 6.07 Å². The van der Waals surface area contributed by atoms with Gasteiger partial charge in [0.15, 0.2) is 0 Å². The zero-order chi connectivity index (χ0) is 13.7. The summed E-state index contributed by atoms with van der Waals surface area (Å²) in [5, 5.41) is 19.7. The Morgan fingerprint density at radius 3 is 2.72 bits per heavy atom. The first-order valence-corrected chi connectivity index (χ1v) is 5.00. The third-order valence-electron chi connectivity index (χ3n) is 2.41. The first kappa shape index (κ1) is 13.6. The molecule has 0 unspecified atom stereocenters. The maximum atomic E-state index is 11.2. The highest BCUT2D eigenvalue weighted by atomic mass is 16.6. The standard InChI is InChI=1S/C11H11N3O4/c1-18-11(15)4-8-2-7(5-12)3-10(14(16)17)9(8)6-13/h2-3H,4,6,13H2,1H3. The molecule has 0 aromatic heterocycles. The second-order valence-electron chi connectivity index (χ2n) is 3.46. The first-order valence-electron chi connectivity index (χ1n) is 5.00. The van der Waals surface area contributed by atoms with Gasteiger partial charge in [0.05, 0.1) is 30.1 Å². The van der Waals surface area contributed by atoms with Crippen LogP contribution in [0.5, 0.6) is 0 Å². The van der Waals surface area contributed by atoms with Gasteiger partial charge < -0.3 is 10.5 Å². The van der Waals surface area contributed by atoms with Gasteiger partial charge in [-0.2, -0.15) is 5.26 Å². The third kappa shape index (κ3) is 2.81. The zero-order valence-electron chi connectivity index (χ0n) is 9.67. The number of nitro groups is 1. The van der Waals surface area contributed by atoms with Crippen LogP contribution in [0.1, 0.15) is 16.7 Å². The van der Waals surface area contributed by atoms with Crippen molar-refractivity contribution in [2.75, 3.05) is 7.11 Å². The molecule has 94 valence electrons. The quantitative estimate of drug-likeness (QED) is 0.475. The normalized spacial score (nSPS) is 9.61.